The zero-order valence-electron chi connectivity index (χ0n) is 14.1. The minimum absolute atomic E-state index is 0.0777. The number of hydrogen-bond acceptors (Lipinski definition) is 5. The number of carbonyl (C=O) groups is 1. The first kappa shape index (κ1) is 16.9. The summed E-state index contributed by atoms with van der Waals surface area (Å²) in [5.41, 5.74) is 1.73. The van der Waals surface area contributed by atoms with E-state index in [4.69, 9.17) is 4.74 Å². The van der Waals surface area contributed by atoms with E-state index in [0.29, 0.717) is 32.2 Å². The lowest BCUT2D eigenvalue weighted by molar-refractivity contribution is 0.0303. The smallest absolute Gasteiger partial charge is 0.254 e. The molecule has 0 aliphatic carbocycles. The van der Waals surface area contributed by atoms with Gasteiger partial charge in [-0.15, -0.1) is 11.3 Å². The van der Waals surface area contributed by atoms with Crippen LogP contribution in [0.1, 0.15) is 40.0 Å². The number of anilines is 1. The molecule has 2 heterocycles. The molecule has 1 amide bonds. The third-order valence-corrected chi connectivity index (χ3v) is 5.26. The third-order valence-electron chi connectivity index (χ3n) is 3.96. The quantitative estimate of drug-likeness (QED) is 0.903. The molecule has 1 aliphatic rings. The number of nitrogens with zero attached hydrogens (tertiary/aromatic N) is 2. The van der Waals surface area contributed by atoms with Crippen molar-refractivity contribution >= 4 is 22.9 Å². The molecule has 0 bridgehead atoms. The van der Waals surface area contributed by atoms with Crippen molar-refractivity contribution in [2.75, 3.05) is 31.6 Å². The SMILES string of the molecule is CC(C)c1ncc(CNc2ccc(C(=O)N3CCOCC3)cc2)s1. The molecule has 3 rings (SSSR count). The first-order valence-corrected chi connectivity index (χ1v) is 9.10. The summed E-state index contributed by atoms with van der Waals surface area (Å²) in [5, 5.41) is 4.55. The van der Waals surface area contributed by atoms with Crippen LogP contribution in [0.25, 0.3) is 0 Å². The van der Waals surface area contributed by atoms with Crippen molar-refractivity contribution in [3.63, 3.8) is 0 Å². The predicted molar refractivity (Wildman–Crippen MR) is 96.7 cm³/mol. The average molecular weight is 345 g/mol. The Morgan fingerprint density at radius 3 is 2.62 bits per heavy atom. The molecule has 128 valence electrons. The molecule has 0 saturated carbocycles. The third kappa shape index (κ3) is 4.13. The number of morpholine rings is 1. The molecule has 5 nitrogen and oxygen atoms in total. The largest absolute Gasteiger partial charge is 0.380 e. The number of ether oxygens (including phenoxy) is 1. The normalized spacial score (nSPS) is 14.9. The van der Waals surface area contributed by atoms with E-state index in [1.165, 1.54) is 9.88 Å². The standard InChI is InChI=1S/C18H23N3O2S/c1-13(2)17-20-12-16(24-17)11-19-15-5-3-14(4-6-15)18(22)21-7-9-23-10-8-21/h3-6,12-13,19H,7-11H2,1-2H3. The molecule has 1 aliphatic heterocycles. The van der Waals surface area contributed by atoms with E-state index in [0.717, 1.165) is 17.8 Å². The fourth-order valence-corrected chi connectivity index (χ4v) is 3.40. The topological polar surface area (TPSA) is 54.5 Å². The second kappa shape index (κ2) is 7.77. The van der Waals surface area contributed by atoms with Crippen molar-refractivity contribution in [3.05, 3.63) is 45.9 Å². The summed E-state index contributed by atoms with van der Waals surface area (Å²) in [5.74, 6) is 0.545. The van der Waals surface area contributed by atoms with E-state index in [1.807, 2.05) is 35.4 Å². The number of aromatic nitrogens is 1. The Kier molecular flexibility index (Phi) is 5.48. The van der Waals surface area contributed by atoms with Gasteiger partial charge in [-0.05, 0) is 24.3 Å². The van der Waals surface area contributed by atoms with Crippen LogP contribution in [0.2, 0.25) is 0 Å². The first-order chi connectivity index (χ1) is 11.6. The Morgan fingerprint density at radius 1 is 1.29 bits per heavy atom. The summed E-state index contributed by atoms with van der Waals surface area (Å²) in [6.07, 6.45) is 1.93. The van der Waals surface area contributed by atoms with Gasteiger partial charge < -0.3 is 15.0 Å². The Labute approximate surface area is 146 Å². The van der Waals surface area contributed by atoms with Crippen LogP contribution in [0.15, 0.2) is 30.5 Å². The van der Waals surface area contributed by atoms with Crippen LogP contribution in [0, 0.1) is 0 Å². The maximum atomic E-state index is 12.4. The number of hydrogen-bond donors (Lipinski definition) is 1. The van der Waals surface area contributed by atoms with Gasteiger partial charge in [0.1, 0.15) is 0 Å². The Balaban J connectivity index is 1.56. The van der Waals surface area contributed by atoms with Crippen molar-refractivity contribution < 1.29 is 9.53 Å². The number of amides is 1. The highest BCUT2D eigenvalue weighted by Crippen LogP contribution is 2.22. The fraction of sp³-hybridized carbons (Fsp3) is 0.444. The summed E-state index contributed by atoms with van der Waals surface area (Å²) >= 11 is 1.74. The lowest BCUT2D eigenvalue weighted by Crippen LogP contribution is -2.40. The Hall–Kier alpha value is -1.92. The van der Waals surface area contributed by atoms with E-state index in [9.17, 15) is 4.79 Å². The summed E-state index contributed by atoms with van der Waals surface area (Å²) in [7, 11) is 0. The van der Waals surface area contributed by atoms with Gasteiger partial charge in [-0.1, -0.05) is 13.8 Å². The summed E-state index contributed by atoms with van der Waals surface area (Å²) in [4.78, 5) is 19.9. The highest BCUT2D eigenvalue weighted by atomic mass is 32.1. The van der Waals surface area contributed by atoms with Gasteiger partial charge in [0.25, 0.3) is 5.91 Å². The van der Waals surface area contributed by atoms with Crippen LogP contribution in [-0.4, -0.2) is 42.1 Å². The number of benzene rings is 1. The molecule has 1 saturated heterocycles. The van der Waals surface area contributed by atoms with Gasteiger partial charge in [0.2, 0.25) is 0 Å². The number of rotatable bonds is 5. The molecular weight excluding hydrogens is 322 g/mol. The van der Waals surface area contributed by atoms with Crippen LogP contribution < -0.4 is 5.32 Å². The van der Waals surface area contributed by atoms with Gasteiger partial charge in [-0.3, -0.25) is 4.79 Å². The van der Waals surface area contributed by atoms with Crippen molar-refractivity contribution in [3.8, 4) is 0 Å². The second-order valence-corrected chi connectivity index (χ2v) is 7.30. The van der Waals surface area contributed by atoms with Gasteiger partial charge in [0.15, 0.2) is 0 Å². The number of carbonyl (C=O) groups excluding carboxylic acids is 1. The Morgan fingerprint density at radius 2 is 2.00 bits per heavy atom. The maximum absolute atomic E-state index is 12.4. The maximum Gasteiger partial charge on any atom is 0.254 e. The number of nitrogens with one attached hydrogen (secondary N) is 1. The zero-order chi connectivity index (χ0) is 16.9. The summed E-state index contributed by atoms with van der Waals surface area (Å²) in [6, 6.07) is 7.68. The minimum Gasteiger partial charge on any atom is -0.380 e. The molecule has 1 fully saturated rings. The molecule has 6 heteroatoms. The lowest BCUT2D eigenvalue weighted by atomic mass is 10.1. The molecule has 1 aromatic carbocycles. The van der Waals surface area contributed by atoms with Gasteiger partial charge in [0.05, 0.1) is 24.8 Å². The highest BCUT2D eigenvalue weighted by Gasteiger charge is 2.18. The first-order valence-electron chi connectivity index (χ1n) is 8.29. The Bertz CT molecular complexity index is 676. The highest BCUT2D eigenvalue weighted by molar-refractivity contribution is 7.11. The summed E-state index contributed by atoms with van der Waals surface area (Å²) < 4.78 is 5.29. The van der Waals surface area contributed by atoms with E-state index >= 15 is 0 Å². The van der Waals surface area contributed by atoms with Crippen LogP contribution in [-0.2, 0) is 11.3 Å². The fourth-order valence-electron chi connectivity index (χ4n) is 2.54. The molecule has 1 N–H and O–H groups in total. The molecule has 24 heavy (non-hydrogen) atoms. The van der Waals surface area contributed by atoms with E-state index in [2.05, 4.69) is 24.1 Å². The molecule has 1 aromatic heterocycles. The van der Waals surface area contributed by atoms with Gasteiger partial charge in [0, 0.05) is 41.3 Å². The average Bonchev–Trinajstić information content (AvgIpc) is 3.10. The van der Waals surface area contributed by atoms with E-state index < -0.39 is 0 Å². The molecule has 0 spiro atoms. The molecule has 0 atom stereocenters. The van der Waals surface area contributed by atoms with Crippen LogP contribution in [0.5, 0.6) is 0 Å². The number of thiazole rings is 1. The molecule has 2 aromatic rings. The van der Waals surface area contributed by atoms with Gasteiger partial charge >= 0.3 is 0 Å². The molecular formula is C18H23N3O2S. The van der Waals surface area contributed by atoms with Crippen LogP contribution in [0.4, 0.5) is 5.69 Å². The molecule has 0 unspecified atom stereocenters. The van der Waals surface area contributed by atoms with Gasteiger partial charge in [-0.2, -0.15) is 0 Å². The van der Waals surface area contributed by atoms with Crippen LogP contribution >= 0.6 is 11.3 Å². The van der Waals surface area contributed by atoms with Crippen LogP contribution in [0.3, 0.4) is 0 Å². The van der Waals surface area contributed by atoms with Crippen molar-refractivity contribution in [2.24, 2.45) is 0 Å². The van der Waals surface area contributed by atoms with E-state index in [-0.39, 0.29) is 5.91 Å². The molecule has 0 radical (unpaired) electrons. The lowest BCUT2D eigenvalue weighted by Gasteiger charge is -2.26. The second-order valence-electron chi connectivity index (χ2n) is 6.15. The monoisotopic (exact) mass is 345 g/mol. The van der Waals surface area contributed by atoms with Gasteiger partial charge in [-0.25, -0.2) is 4.98 Å². The van der Waals surface area contributed by atoms with Crippen molar-refractivity contribution in [1.29, 1.82) is 0 Å². The van der Waals surface area contributed by atoms with E-state index in [1.54, 1.807) is 11.3 Å². The summed E-state index contributed by atoms with van der Waals surface area (Å²) in [6.45, 7) is 7.64. The van der Waals surface area contributed by atoms with Crippen molar-refractivity contribution in [2.45, 2.75) is 26.3 Å². The zero-order valence-corrected chi connectivity index (χ0v) is 14.9. The minimum atomic E-state index is 0.0777. The predicted octanol–water partition coefficient (Wildman–Crippen LogP) is 3.35. The van der Waals surface area contributed by atoms with Crippen molar-refractivity contribution in [1.82, 2.24) is 9.88 Å².